The van der Waals surface area contributed by atoms with Crippen molar-refractivity contribution < 1.29 is 9.18 Å². The van der Waals surface area contributed by atoms with Gasteiger partial charge >= 0.3 is 0 Å². The van der Waals surface area contributed by atoms with Crippen LogP contribution in [0.15, 0.2) is 18.2 Å². The molecule has 1 aromatic carbocycles. The number of piperidine rings is 1. The molecule has 0 radical (unpaired) electrons. The van der Waals surface area contributed by atoms with Crippen LogP contribution in [0.3, 0.4) is 0 Å². The smallest absolute Gasteiger partial charge is 0.237 e. The Morgan fingerprint density at radius 3 is 3.06 bits per heavy atom. The molecular formula is C13H14ClFN2O. The fourth-order valence-corrected chi connectivity index (χ4v) is 2.80. The fourth-order valence-electron chi connectivity index (χ4n) is 2.61. The second-order valence-corrected chi connectivity index (χ2v) is 5.38. The summed E-state index contributed by atoms with van der Waals surface area (Å²) in [6.45, 7) is 1.11. The van der Waals surface area contributed by atoms with E-state index < -0.39 is 5.82 Å². The van der Waals surface area contributed by atoms with Gasteiger partial charge in [0, 0.05) is 12.1 Å². The molecule has 1 aromatic rings. The zero-order valence-corrected chi connectivity index (χ0v) is 10.5. The summed E-state index contributed by atoms with van der Waals surface area (Å²) in [5.41, 5.74) is 0.418. The predicted molar refractivity (Wildman–Crippen MR) is 66.6 cm³/mol. The van der Waals surface area contributed by atoms with E-state index >= 15 is 0 Å². The first-order valence-corrected chi connectivity index (χ1v) is 6.48. The largest absolute Gasteiger partial charge is 0.351 e. The monoisotopic (exact) mass is 268 g/mol. The van der Waals surface area contributed by atoms with Gasteiger partial charge in [-0.3, -0.25) is 4.79 Å². The second-order valence-electron chi connectivity index (χ2n) is 4.98. The molecule has 3 rings (SSSR count). The van der Waals surface area contributed by atoms with Gasteiger partial charge in [-0.05, 0) is 30.9 Å². The van der Waals surface area contributed by atoms with Crippen LogP contribution in [0.4, 0.5) is 4.39 Å². The number of hydrogen-bond donors (Lipinski definition) is 2. The second kappa shape index (κ2) is 4.52. The third-order valence-electron chi connectivity index (χ3n) is 3.77. The van der Waals surface area contributed by atoms with Crippen molar-refractivity contribution in [3.8, 4) is 0 Å². The number of nitrogens with one attached hydrogen (secondary N) is 2. The summed E-state index contributed by atoms with van der Waals surface area (Å²) in [7, 11) is 0. The molecule has 1 saturated heterocycles. The standard InChI is InChI=1S/C13H14ClFN2O/c14-10-3-1-2-7(11(10)15)5-17-13(18)12-9-4-8(9)6-16-12/h1-3,8-9,12,16H,4-6H2,(H,17,18)/t8-,9-,12+/m1/s1. The summed E-state index contributed by atoms with van der Waals surface area (Å²) in [5.74, 6) is 0.653. The van der Waals surface area contributed by atoms with Gasteiger partial charge in [0.15, 0.2) is 0 Å². The minimum Gasteiger partial charge on any atom is -0.351 e. The van der Waals surface area contributed by atoms with E-state index in [0.29, 0.717) is 17.4 Å². The van der Waals surface area contributed by atoms with Gasteiger partial charge in [-0.25, -0.2) is 4.39 Å². The SMILES string of the molecule is O=C(NCc1cccc(Cl)c1F)[C@H]1NC[C@H]2C[C@H]21. The highest BCUT2D eigenvalue weighted by Gasteiger charge is 2.50. The predicted octanol–water partition coefficient (Wildman–Crippen LogP) is 1.70. The van der Waals surface area contributed by atoms with Gasteiger partial charge in [-0.15, -0.1) is 0 Å². The first kappa shape index (κ1) is 11.9. The van der Waals surface area contributed by atoms with Gasteiger partial charge in [-0.1, -0.05) is 23.7 Å². The number of carbonyl (C=O) groups is 1. The van der Waals surface area contributed by atoms with Crippen LogP contribution in [0.25, 0.3) is 0 Å². The maximum Gasteiger partial charge on any atom is 0.237 e. The van der Waals surface area contributed by atoms with Crippen molar-refractivity contribution >= 4 is 17.5 Å². The maximum atomic E-state index is 13.6. The molecular weight excluding hydrogens is 255 g/mol. The molecule has 2 aliphatic rings. The zero-order chi connectivity index (χ0) is 12.7. The average molecular weight is 269 g/mol. The van der Waals surface area contributed by atoms with E-state index in [4.69, 9.17) is 11.6 Å². The van der Waals surface area contributed by atoms with E-state index in [0.717, 1.165) is 13.0 Å². The lowest BCUT2D eigenvalue weighted by Crippen LogP contribution is -2.42. The van der Waals surface area contributed by atoms with Crippen LogP contribution in [0.1, 0.15) is 12.0 Å². The molecule has 18 heavy (non-hydrogen) atoms. The Morgan fingerprint density at radius 1 is 1.56 bits per heavy atom. The van der Waals surface area contributed by atoms with E-state index in [-0.39, 0.29) is 23.5 Å². The van der Waals surface area contributed by atoms with Crippen LogP contribution >= 0.6 is 11.6 Å². The molecule has 1 aliphatic heterocycles. The van der Waals surface area contributed by atoms with Crippen molar-refractivity contribution in [2.75, 3.05) is 6.54 Å². The lowest BCUT2D eigenvalue weighted by Gasteiger charge is -2.13. The first-order valence-electron chi connectivity index (χ1n) is 6.11. The number of amides is 1. The Balaban J connectivity index is 1.60. The highest BCUT2D eigenvalue weighted by Crippen LogP contribution is 2.45. The first-order chi connectivity index (χ1) is 8.66. The quantitative estimate of drug-likeness (QED) is 0.876. The van der Waals surface area contributed by atoms with Crippen LogP contribution in [0.2, 0.25) is 5.02 Å². The number of halogens is 2. The van der Waals surface area contributed by atoms with Crippen molar-refractivity contribution in [2.24, 2.45) is 11.8 Å². The van der Waals surface area contributed by atoms with Crippen molar-refractivity contribution in [1.29, 1.82) is 0 Å². The van der Waals surface area contributed by atoms with Crippen molar-refractivity contribution in [1.82, 2.24) is 10.6 Å². The molecule has 1 heterocycles. The molecule has 0 unspecified atom stereocenters. The highest BCUT2D eigenvalue weighted by atomic mass is 35.5. The Labute approximate surface area is 110 Å². The molecule has 3 atom stereocenters. The number of benzene rings is 1. The lowest BCUT2D eigenvalue weighted by atomic mass is 10.1. The van der Waals surface area contributed by atoms with Crippen LogP contribution in [0, 0.1) is 17.7 Å². The lowest BCUT2D eigenvalue weighted by molar-refractivity contribution is -0.123. The van der Waals surface area contributed by atoms with E-state index in [1.165, 1.54) is 6.07 Å². The summed E-state index contributed by atoms with van der Waals surface area (Å²) in [6, 6.07) is 4.70. The molecule has 1 amide bonds. The molecule has 1 saturated carbocycles. The molecule has 2 N–H and O–H groups in total. The zero-order valence-electron chi connectivity index (χ0n) is 9.75. The van der Waals surface area contributed by atoms with Crippen molar-refractivity contribution in [3.05, 3.63) is 34.6 Å². The summed E-state index contributed by atoms with van der Waals surface area (Å²) in [4.78, 5) is 11.9. The van der Waals surface area contributed by atoms with Gasteiger partial charge in [0.25, 0.3) is 0 Å². The Bertz CT molecular complexity index is 494. The number of rotatable bonds is 3. The van der Waals surface area contributed by atoms with Crippen LogP contribution in [0.5, 0.6) is 0 Å². The Morgan fingerprint density at radius 2 is 2.39 bits per heavy atom. The Kier molecular flexibility index (Phi) is 2.99. The van der Waals surface area contributed by atoms with E-state index in [1.807, 2.05) is 0 Å². The molecule has 3 nitrogen and oxygen atoms in total. The molecule has 0 bridgehead atoms. The van der Waals surface area contributed by atoms with Crippen molar-refractivity contribution in [2.45, 2.75) is 19.0 Å². The fraction of sp³-hybridized carbons (Fsp3) is 0.462. The van der Waals surface area contributed by atoms with E-state index in [9.17, 15) is 9.18 Å². The molecule has 0 aromatic heterocycles. The van der Waals surface area contributed by atoms with Gasteiger partial charge in [0.2, 0.25) is 5.91 Å². The van der Waals surface area contributed by atoms with Gasteiger partial charge in [0.1, 0.15) is 5.82 Å². The van der Waals surface area contributed by atoms with Gasteiger partial charge in [-0.2, -0.15) is 0 Å². The summed E-state index contributed by atoms with van der Waals surface area (Å²) >= 11 is 5.69. The highest BCUT2D eigenvalue weighted by molar-refractivity contribution is 6.30. The van der Waals surface area contributed by atoms with Gasteiger partial charge < -0.3 is 10.6 Å². The average Bonchev–Trinajstić information content (AvgIpc) is 3.02. The maximum absolute atomic E-state index is 13.6. The molecule has 1 aliphatic carbocycles. The van der Waals surface area contributed by atoms with Gasteiger partial charge in [0.05, 0.1) is 11.1 Å². The van der Waals surface area contributed by atoms with E-state index in [1.54, 1.807) is 12.1 Å². The third kappa shape index (κ3) is 2.10. The summed E-state index contributed by atoms with van der Waals surface area (Å²) in [5, 5.41) is 6.04. The molecule has 2 fully saturated rings. The molecule has 96 valence electrons. The molecule has 5 heteroatoms. The van der Waals surface area contributed by atoms with Crippen LogP contribution in [-0.4, -0.2) is 18.5 Å². The minimum atomic E-state index is -0.455. The van der Waals surface area contributed by atoms with Crippen molar-refractivity contribution in [3.63, 3.8) is 0 Å². The topological polar surface area (TPSA) is 41.1 Å². The summed E-state index contributed by atoms with van der Waals surface area (Å²) in [6.07, 6.45) is 1.14. The minimum absolute atomic E-state index is 0.0422. The summed E-state index contributed by atoms with van der Waals surface area (Å²) < 4.78 is 13.6. The van der Waals surface area contributed by atoms with Crippen LogP contribution in [-0.2, 0) is 11.3 Å². The number of hydrogen-bond acceptors (Lipinski definition) is 2. The number of fused-ring (bicyclic) bond motifs is 1. The van der Waals surface area contributed by atoms with E-state index in [2.05, 4.69) is 10.6 Å². The third-order valence-corrected chi connectivity index (χ3v) is 4.06. The molecule has 0 spiro atoms. The Hall–Kier alpha value is -1.13. The van der Waals surface area contributed by atoms with Crippen LogP contribution < -0.4 is 10.6 Å². The number of carbonyl (C=O) groups excluding carboxylic acids is 1. The normalized spacial score (nSPS) is 28.9.